The molecular formula is C18H16BrClN2O5. The van der Waals surface area contributed by atoms with E-state index >= 15 is 0 Å². The van der Waals surface area contributed by atoms with Crippen molar-refractivity contribution in [3.05, 3.63) is 57.0 Å². The maximum atomic E-state index is 12.0. The number of carbonyl (C=O) groups is 2. The quantitative estimate of drug-likeness (QED) is 0.467. The summed E-state index contributed by atoms with van der Waals surface area (Å²) in [6, 6.07) is 9.61. The summed E-state index contributed by atoms with van der Waals surface area (Å²) in [5.74, 6) is -0.824. The molecule has 0 spiro atoms. The first kappa shape index (κ1) is 20.7. The van der Waals surface area contributed by atoms with Crippen LogP contribution in [0.1, 0.15) is 22.8 Å². The Morgan fingerprint density at radius 2 is 1.89 bits per heavy atom. The second-order valence-electron chi connectivity index (χ2n) is 5.14. The van der Waals surface area contributed by atoms with Crippen molar-refractivity contribution in [1.82, 2.24) is 5.43 Å². The second kappa shape index (κ2) is 9.94. The van der Waals surface area contributed by atoms with Crippen molar-refractivity contribution in [3.8, 4) is 11.5 Å². The van der Waals surface area contributed by atoms with Crippen LogP contribution in [0.5, 0.6) is 11.5 Å². The normalized spacial score (nSPS) is 10.6. The van der Waals surface area contributed by atoms with Crippen LogP contribution in [0.15, 0.2) is 46.0 Å². The summed E-state index contributed by atoms with van der Waals surface area (Å²) >= 11 is 9.15. The van der Waals surface area contributed by atoms with E-state index in [9.17, 15) is 9.59 Å². The topological polar surface area (TPSA) is 97.2 Å². The molecule has 0 atom stereocenters. The van der Waals surface area contributed by atoms with Gasteiger partial charge in [0.25, 0.3) is 5.91 Å². The van der Waals surface area contributed by atoms with Crippen molar-refractivity contribution in [2.75, 3.05) is 13.2 Å². The monoisotopic (exact) mass is 454 g/mol. The van der Waals surface area contributed by atoms with E-state index in [0.717, 1.165) is 0 Å². The SMILES string of the molecule is CCOc1cc(/C=N\NC(=O)c2ccc(Cl)cc2)c(Br)cc1OCC(=O)O. The van der Waals surface area contributed by atoms with Crippen LogP contribution in [0.4, 0.5) is 0 Å². The Bertz CT molecular complexity index is 856. The zero-order valence-electron chi connectivity index (χ0n) is 14.2. The van der Waals surface area contributed by atoms with Gasteiger partial charge in [-0.1, -0.05) is 11.6 Å². The van der Waals surface area contributed by atoms with Crippen molar-refractivity contribution in [1.29, 1.82) is 0 Å². The highest BCUT2D eigenvalue weighted by Crippen LogP contribution is 2.33. The molecule has 2 aromatic rings. The largest absolute Gasteiger partial charge is 0.490 e. The molecule has 142 valence electrons. The Kier molecular flexibility index (Phi) is 7.63. The fraction of sp³-hybridized carbons (Fsp3) is 0.167. The minimum atomic E-state index is -1.09. The maximum absolute atomic E-state index is 12.0. The highest BCUT2D eigenvalue weighted by atomic mass is 79.9. The zero-order valence-corrected chi connectivity index (χ0v) is 16.6. The van der Waals surface area contributed by atoms with E-state index in [2.05, 4.69) is 26.5 Å². The van der Waals surface area contributed by atoms with E-state index in [1.807, 2.05) is 0 Å². The van der Waals surface area contributed by atoms with Gasteiger partial charge >= 0.3 is 5.97 Å². The average molecular weight is 456 g/mol. The van der Waals surface area contributed by atoms with Gasteiger partial charge in [0.15, 0.2) is 18.1 Å². The Balaban J connectivity index is 2.13. The Morgan fingerprint density at radius 3 is 2.52 bits per heavy atom. The molecule has 2 aromatic carbocycles. The first-order valence-corrected chi connectivity index (χ1v) is 8.97. The summed E-state index contributed by atoms with van der Waals surface area (Å²) in [5, 5.41) is 13.2. The lowest BCUT2D eigenvalue weighted by Crippen LogP contribution is -2.17. The zero-order chi connectivity index (χ0) is 19.8. The number of hydrogen-bond acceptors (Lipinski definition) is 5. The lowest BCUT2D eigenvalue weighted by Gasteiger charge is -2.12. The molecule has 2 N–H and O–H groups in total. The third kappa shape index (κ3) is 6.26. The Labute approximate surface area is 169 Å². The molecule has 0 aliphatic carbocycles. The number of benzene rings is 2. The van der Waals surface area contributed by atoms with Gasteiger partial charge in [-0.2, -0.15) is 5.10 Å². The van der Waals surface area contributed by atoms with Crippen molar-refractivity contribution in [2.45, 2.75) is 6.92 Å². The molecule has 0 heterocycles. The van der Waals surface area contributed by atoms with E-state index in [1.165, 1.54) is 6.21 Å². The molecule has 0 fully saturated rings. The number of aliphatic carboxylic acids is 1. The lowest BCUT2D eigenvalue weighted by atomic mass is 10.2. The molecule has 1 amide bonds. The van der Waals surface area contributed by atoms with Crippen molar-refractivity contribution < 1.29 is 24.2 Å². The highest BCUT2D eigenvalue weighted by Gasteiger charge is 2.12. The fourth-order valence-electron chi connectivity index (χ4n) is 2.00. The molecule has 0 aliphatic heterocycles. The highest BCUT2D eigenvalue weighted by molar-refractivity contribution is 9.10. The standard InChI is InChI=1S/C18H16BrClN2O5/c1-2-26-15-7-12(14(19)8-16(15)27-10-17(23)24)9-21-22-18(25)11-3-5-13(20)6-4-11/h3-9H,2,10H2,1H3,(H,22,25)(H,23,24)/b21-9-. The maximum Gasteiger partial charge on any atom is 0.341 e. The van der Waals surface area contributed by atoms with Crippen LogP contribution in [0, 0.1) is 0 Å². The molecule has 0 bridgehead atoms. The number of rotatable bonds is 8. The fourth-order valence-corrected chi connectivity index (χ4v) is 2.55. The van der Waals surface area contributed by atoms with Crippen molar-refractivity contribution in [2.24, 2.45) is 5.10 Å². The summed E-state index contributed by atoms with van der Waals surface area (Å²) in [7, 11) is 0. The summed E-state index contributed by atoms with van der Waals surface area (Å²) < 4.78 is 11.3. The molecule has 0 saturated heterocycles. The number of carboxylic acids is 1. The smallest absolute Gasteiger partial charge is 0.341 e. The first-order chi connectivity index (χ1) is 12.9. The first-order valence-electron chi connectivity index (χ1n) is 7.80. The Morgan fingerprint density at radius 1 is 1.22 bits per heavy atom. The third-order valence-corrected chi connectivity index (χ3v) is 4.13. The summed E-state index contributed by atoms with van der Waals surface area (Å²) in [6.07, 6.45) is 1.43. The van der Waals surface area contributed by atoms with Crippen molar-refractivity contribution >= 4 is 45.6 Å². The number of carboxylic acid groups (broad SMARTS) is 1. The van der Waals surface area contributed by atoms with E-state index in [-0.39, 0.29) is 11.7 Å². The van der Waals surface area contributed by atoms with E-state index in [1.54, 1.807) is 43.3 Å². The predicted molar refractivity (Wildman–Crippen MR) is 105 cm³/mol. The summed E-state index contributed by atoms with van der Waals surface area (Å²) in [4.78, 5) is 22.7. The van der Waals surface area contributed by atoms with Crippen LogP contribution < -0.4 is 14.9 Å². The van der Waals surface area contributed by atoms with E-state index in [4.69, 9.17) is 26.2 Å². The molecule has 27 heavy (non-hydrogen) atoms. The molecule has 0 unspecified atom stereocenters. The number of amides is 1. The van der Waals surface area contributed by atoms with Crippen LogP contribution in [-0.2, 0) is 4.79 Å². The van der Waals surface area contributed by atoms with Crippen LogP contribution in [0.3, 0.4) is 0 Å². The number of ether oxygens (including phenoxy) is 2. The number of carbonyl (C=O) groups excluding carboxylic acids is 1. The van der Waals surface area contributed by atoms with Gasteiger partial charge < -0.3 is 14.6 Å². The number of hydrazone groups is 1. The lowest BCUT2D eigenvalue weighted by molar-refractivity contribution is -0.139. The van der Waals surface area contributed by atoms with Gasteiger partial charge in [0.1, 0.15) is 0 Å². The van der Waals surface area contributed by atoms with Gasteiger partial charge in [-0.25, -0.2) is 10.2 Å². The van der Waals surface area contributed by atoms with Crippen LogP contribution in [0.2, 0.25) is 5.02 Å². The average Bonchev–Trinajstić information content (AvgIpc) is 2.63. The number of halogens is 2. The molecular weight excluding hydrogens is 440 g/mol. The Hall–Kier alpha value is -2.58. The molecule has 7 nitrogen and oxygen atoms in total. The number of hydrogen-bond donors (Lipinski definition) is 2. The van der Waals surface area contributed by atoms with Crippen molar-refractivity contribution in [3.63, 3.8) is 0 Å². The minimum Gasteiger partial charge on any atom is -0.490 e. The van der Waals surface area contributed by atoms with E-state index in [0.29, 0.717) is 33.0 Å². The molecule has 0 aliphatic rings. The number of nitrogens with one attached hydrogen (secondary N) is 1. The molecule has 0 aromatic heterocycles. The summed E-state index contributed by atoms with van der Waals surface area (Å²) in [5.41, 5.74) is 3.45. The van der Waals surface area contributed by atoms with Gasteiger partial charge in [-0.15, -0.1) is 0 Å². The van der Waals surface area contributed by atoms with Gasteiger partial charge in [-0.3, -0.25) is 4.79 Å². The predicted octanol–water partition coefficient (Wildman–Crippen LogP) is 3.73. The van der Waals surface area contributed by atoms with Crippen LogP contribution in [-0.4, -0.2) is 36.4 Å². The van der Waals surface area contributed by atoms with Crippen LogP contribution >= 0.6 is 27.5 Å². The van der Waals surface area contributed by atoms with Gasteiger partial charge in [0.05, 0.1) is 12.8 Å². The summed E-state index contributed by atoms with van der Waals surface area (Å²) in [6.45, 7) is 1.68. The van der Waals surface area contributed by atoms with Gasteiger partial charge in [0.2, 0.25) is 0 Å². The molecule has 0 radical (unpaired) electrons. The van der Waals surface area contributed by atoms with Gasteiger partial charge in [-0.05, 0) is 59.3 Å². The second-order valence-corrected chi connectivity index (χ2v) is 6.43. The minimum absolute atomic E-state index is 0.286. The number of nitrogens with zero attached hydrogens (tertiary/aromatic N) is 1. The molecule has 2 rings (SSSR count). The van der Waals surface area contributed by atoms with Crippen LogP contribution in [0.25, 0.3) is 0 Å². The molecule has 0 saturated carbocycles. The third-order valence-electron chi connectivity index (χ3n) is 3.19. The van der Waals surface area contributed by atoms with E-state index < -0.39 is 12.6 Å². The van der Waals surface area contributed by atoms with Gasteiger partial charge in [0, 0.05) is 20.6 Å². The molecule has 9 heteroatoms.